The fourth-order valence-electron chi connectivity index (χ4n) is 3.61. The molecule has 0 aromatic heterocycles. The third-order valence-corrected chi connectivity index (χ3v) is 5.60. The van der Waals surface area contributed by atoms with Crippen molar-refractivity contribution in [1.82, 2.24) is 10.6 Å². The highest BCUT2D eigenvalue weighted by Gasteiger charge is 2.04. The fraction of sp³-hybridized carbons (Fsp3) is 0.786. The molecule has 0 aliphatic carbocycles. The Labute approximate surface area is 199 Å². The van der Waals surface area contributed by atoms with Crippen LogP contribution in [0.5, 0.6) is 0 Å². The summed E-state index contributed by atoms with van der Waals surface area (Å²) >= 11 is 0. The number of rotatable bonds is 23. The van der Waals surface area contributed by atoms with Gasteiger partial charge in [0.1, 0.15) is 0 Å². The lowest BCUT2D eigenvalue weighted by molar-refractivity contribution is -0.123. The molecule has 0 rings (SSSR count). The van der Waals surface area contributed by atoms with Crippen molar-refractivity contribution in [2.45, 2.75) is 129 Å². The van der Waals surface area contributed by atoms with Crippen molar-refractivity contribution in [2.24, 2.45) is 0 Å². The average molecular weight is 449 g/mol. The summed E-state index contributed by atoms with van der Waals surface area (Å²) in [7, 11) is 0. The van der Waals surface area contributed by atoms with E-state index < -0.39 is 0 Å². The molecule has 2 amide bonds. The van der Waals surface area contributed by atoms with E-state index in [9.17, 15) is 9.59 Å². The molecule has 0 aliphatic heterocycles. The Bertz CT molecular complexity index is 442. The maximum atomic E-state index is 11.9. The van der Waals surface area contributed by atoms with Crippen molar-refractivity contribution in [3.63, 3.8) is 0 Å². The Kier molecular flexibility index (Phi) is 24.4. The molecule has 32 heavy (non-hydrogen) atoms. The molecular formula is C28H52N2O2. The first-order valence-corrected chi connectivity index (χ1v) is 13.5. The smallest absolute Gasteiger partial charge is 0.219 e. The topological polar surface area (TPSA) is 58.2 Å². The monoisotopic (exact) mass is 448 g/mol. The van der Waals surface area contributed by atoms with Crippen molar-refractivity contribution in [3.8, 4) is 0 Å². The highest BCUT2D eigenvalue weighted by atomic mass is 16.2. The Morgan fingerprint density at radius 3 is 1.28 bits per heavy atom. The molecule has 0 aromatic rings. The average Bonchev–Trinajstić information content (AvgIpc) is 2.79. The van der Waals surface area contributed by atoms with E-state index in [4.69, 9.17) is 0 Å². The normalized spacial score (nSPS) is 11.4. The van der Waals surface area contributed by atoms with Crippen LogP contribution < -0.4 is 10.6 Å². The molecule has 0 saturated carbocycles. The minimum Gasteiger partial charge on any atom is -0.356 e. The quantitative estimate of drug-likeness (QED) is 0.126. The van der Waals surface area contributed by atoms with E-state index in [0.717, 1.165) is 51.6 Å². The number of unbranched alkanes of at least 4 members (excludes halogenated alkanes) is 11. The van der Waals surface area contributed by atoms with E-state index in [0.29, 0.717) is 12.8 Å². The zero-order valence-corrected chi connectivity index (χ0v) is 21.3. The second-order valence-electron chi connectivity index (χ2n) is 8.78. The molecule has 0 heterocycles. The van der Waals surface area contributed by atoms with Crippen LogP contribution in [0.1, 0.15) is 129 Å². The molecule has 0 spiro atoms. The van der Waals surface area contributed by atoms with Gasteiger partial charge in [0.05, 0.1) is 0 Å². The Morgan fingerprint density at radius 1 is 0.500 bits per heavy atom. The first-order chi connectivity index (χ1) is 15.7. The number of carbonyl (C=O) groups is 2. The van der Waals surface area contributed by atoms with E-state index >= 15 is 0 Å². The standard InChI is InChI=1S/C28H52N2O2/c1-3-5-7-9-11-13-15-17-21-25-29-27(31)23-19-20-24-28(32)30-26-22-18-16-14-12-10-8-6-4-2/h5-8H,3-4,9-26H2,1-2H3,(H,29,31)(H,30,32)/b7-5+,8-6+. The van der Waals surface area contributed by atoms with E-state index in [1.807, 2.05) is 0 Å². The van der Waals surface area contributed by atoms with Crippen molar-refractivity contribution in [1.29, 1.82) is 0 Å². The molecule has 0 atom stereocenters. The van der Waals surface area contributed by atoms with Crippen molar-refractivity contribution in [2.75, 3.05) is 13.1 Å². The summed E-state index contributed by atoms with van der Waals surface area (Å²) in [5, 5.41) is 6.02. The van der Waals surface area contributed by atoms with Crippen LogP contribution in [0, 0.1) is 0 Å². The van der Waals surface area contributed by atoms with Gasteiger partial charge >= 0.3 is 0 Å². The van der Waals surface area contributed by atoms with Crippen molar-refractivity contribution >= 4 is 11.8 Å². The second kappa shape index (κ2) is 25.7. The third-order valence-electron chi connectivity index (χ3n) is 5.60. The summed E-state index contributed by atoms with van der Waals surface area (Å²) < 4.78 is 0. The molecule has 0 aliphatic rings. The molecule has 0 fully saturated rings. The van der Waals surface area contributed by atoms with Crippen LogP contribution in [0.15, 0.2) is 24.3 Å². The third kappa shape index (κ3) is 24.7. The molecule has 186 valence electrons. The SMILES string of the molecule is CC/C=C/CCCCCCCNC(=O)CCCCC(=O)NCCCCCCC/C=C/CC. The van der Waals surface area contributed by atoms with Gasteiger partial charge in [-0.1, -0.05) is 76.7 Å². The highest BCUT2D eigenvalue weighted by molar-refractivity contribution is 5.77. The van der Waals surface area contributed by atoms with Gasteiger partial charge in [0.15, 0.2) is 0 Å². The van der Waals surface area contributed by atoms with Crippen LogP contribution in [0.2, 0.25) is 0 Å². The zero-order valence-electron chi connectivity index (χ0n) is 21.3. The molecule has 0 saturated heterocycles. The minimum atomic E-state index is 0.125. The van der Waals surface area contributed by atoms with Gasteiger partial charge in [0.25, 0.3) is 0 Å². The molecule has 4 nitrogen and oxygen atoms in total. The predicted octanol–water partition coefficient (Wildman–Crippen LogP) is 7.39. The van der Waals surface area contributed by atoms with E-state index in [1.54, 1.807) is 0 Å². The molecule has 0 radical (unpaired) electrons. The molecular weight excluding hydrogens is 396 g/mol. The second-order valence-corrected chi connectivity index (χ2v) is 8.78. The summed E-state index contributed by atoms with van der Waals surface area (Å²) in [5.74, 6) is 0.251. The summed E-state index contributed by atoms with van der Waals surface area (Å²) in [6.45, 7) is 5.90. The van der Waals surface area contributed by atoms with Gasteiger partial charge in [-0.05, 0) is 64.2 Å². The number of hydrogen-bond donors (Lipinski definition) is 2. The van der Waals surface area contributed by atoms with Gasteiger partial charge in [-0.2, -0.15) is 0 Å². The molecule has 0 aromatic carbocycles. The van der Waals surface area contributed by atoms with Gasteiger partial charge in [-0.15, -0.1) is 0 Å². The maximum absolute atomic E-state index is 11.9. The highest BCUT2D eigenvalue weighted by Crippen LogP contribution is 2.07. The van der Waals surface area contributed by atoms with Crippen LogP contribution in [0.4, 0.5) is 0 Å². The Hall–Kier alpha value is -1.58. The molecule has 4 heteroatoms. The van der Waals surface area contributed by atoms with Crippen molar-refractivity contribution < 1.29 is 9.59 Å². The lowest BCUT2D eigenvalue weighted by Gasteiger charge is -2.06. The summed E-state index contributed by atoms with van der Waals surface area (Å²) in [4.78, 5) is 23.7. The fourth-order valence-corrected chi connectivity index (χ4v) is 3.61. The molecule has 2 N–H and O–H groups in total. The molecule has 0 bridgehead atoms. The summed E-state index contributed by atoms with van der Waals surface area (Å²) in [6, 6.07) is 0. The van der Waals surface area contributed by atoms with Gasteiger partial charge in [-0.3, -0.25) is 9.59 Å². The number of allylic oxidation sites excluding steroid dienone is 4. The summed E-state index contributed by atoms with van der Waals surface area (Å²) in [6.07, 6.45) is 28.4. The van der Waals surface area contributed by atoms with E-state index in [1.165, 1.54) is 64.2 Å². The lowest BCUT2D eigenvalue weighted by atomic mass is 10.1. The number of carbonyl (C=O) groups excluding carboxylic acids is 2. The van der Waals surface area contributed by atoms with Gasteiger partial charge in [0, 0.05) is 25.9 Å². The predicted molar refractivity (Wildman–Crippen MR) is 139 cm³/mol. The van der Waals surface area contributed by atoms with Crippen LogP contribution in [-0.4, -0.2) is 24.9 Å². The Balaban J connectivity index is 3.33. The largest absolute Gasteiger partial charge is 0.356 e. The zero-order chi connectivity index (χ0) is 23.5. The number of nitrogens with one attached hydrogen (secondary N) is 2. The van der Waals surface area contributed by atoms with E-state index in [2.05, 4.69) is 48.8 Å². The first kappa shape index (κ1) is 30.4. The Morgan fingerprint density at radius 2 is 0.875 bits per heavy atom. The van der Waals surface area contributed by atoms with Crippen molar-refractivity contribution in [3.05, 3.63) is 24.3 Å². The van der Waals surface area contributed by atoms with Crippen LogP contribution in [0.3, 0.4) is 0 Å². The van der Waals surface area contributed by atoms with Crippen LogP contribution in [0.25, 0.3) is 0 Å². The van der Waals surface area contributed by atoms with E-state index in [-0.39, 0.29) is 11.8 Å². The van der Waals surface area contributed by atoms with Gasteiger partial charge < -0.3 is 10.6 Å². The van der Waals surface area contributed by atoms with Crippen LogP contribution in [-0.2, 0) is 9.59 Å². The maximum Gasteiger partial charge on any atom is 0.219 e. The lowest BCUT2D eigenvalue weighted by Crippen LogP contribution is -2.25. The first-order valence-electron chi connectivity index (χ1n) is 13.5. The number of hydrogen-bond acceptors (Lipinski definition) is 2. The summed E-state index contributed by atoms with van der Waals surface area (Å²) in [5.41, 5.74) is 0. The number of amides is 2. The van der Waals surface area contributed by atoms with Gasteiger partial charge in [0.2, 0.25) is 11.8 Å². The minimum absolute atomic E-state index is 0.125. The van der Waals surface area contributed by atoms with Gasteiger partial charge in [-0.25, -0.2) is 0 Å². The molecule has 0 unspecified atom stereocenters. The van der Waals surface area contributed by atoms with Crippen LogP contribution >= 0.6 is 0 Å².